The lowest BCUT2D eigenvalue weighted by molar-refractivity contribution is -0.383. The summed E-state index contributed by atoms with van der Waals surface area (Å²) in [6.07, 6.45) is -61.7. The number of ether oxygens (including phenoxy) is 12. The van der Waals surface area contributed by atoms with Crippen LogP contribution in [-0.4, -0.2) is 362 Å². The summed E-state index contributed by atoms with van der Waals surface area (Å²) in [7, 11) is 0. The van der Waals surface area contributed by atoms with Gasteiger partial charge in [0.2, 0.25) is 11.8 Å². The van der Waals surface area contributed by atoms with Gasteiger partial charge in [-0.1, -0.05) is 0 Å². The molecule has 0 aromatic carbocycles. The molecule has 82 heavy (non-hydrogen) atoms. The average Bonchev–Trinajstić information content (AvgIpc) is 3.26. The van der Waals surface area contributed by atoms with E-state index >= 15 is 0 Å². The number of carbonyl (C=O) groups excluding carboxylic acids is 2. The lowest BCUT2D eigenvalue weighted by atomic mass is 9.94. The SMILES string of the molecule is CC(=O)N[C@H]1[C@H](O[C@@H]([C@H](O[C@@H]2O[C@@H](C)[C@@H](O)[C@@H](O)[C@@H]2O)[C@H](CO)NC(C)=O)[C@H](O)CO[C@@H]2O[C@@H](C)[C@@H](O)[C@@H](O)[C@@H]2O)O[C@H](CO)[C@@H](O[C@@H]2O[C@H](CO[C@H]3O[C@H](CO)[C@@H](O)[C@H](O)[C@@H]3O)[C@@H](O)[C@H](O[C@H]3O[C@H](CO)[C@@H](O)[C@H](O)[C@@H]3O)[C@@H]2O)[C@@H]1O. The van der Waals surface area contributed by atoms with Crippen LogP contribution in [0.25, 0.3) is 0 Å². The Hall–Kier alpha value is -2.34. The second-order valence-corrected chi connectivity index (χ2v) is 20.9. The number of nitrogens with one attached hydrogen (secondary N) is 2. The van der Waals surface area contributed by atoms with E-state index in [2.05, 4.69) is 10.6 Å². The van der Waals surface area contributed by atoms with Crippen molar-refractivity contribution in [1.29, 1.82) is 0 Å². The summed E-state index contributed by atoms with van der Waals surface area (Å²) in [5.41, 5.74) is 0. The number of amides is 2. The van der Waals surface area contributed by atoms with Crippen LogP contribution >= 0.6 is 0 Å². The highest BCUT2D eigenvalue weighted by atomic mass is 16.8. The van der Waals surface area contributed by atoms with Crippen LogP contribution in [0.2, 0.25) is 0 Å². The number of aliphatic hydroxyl groups is 20. The van der Waals surface area contributed by atoms with E-state index in [1.54, 1.807) is 0 Å². The molecule has 0 aromatic heterocycles. The Morgan fingerprint density at radius 2 is 0.878 bits per heavy atom. The van der Waals surface area contributed by atoms with Crippen molar-refractivity contribution in [2.75, 3.05) is 39.6 Å². The van der Waals surface area contributed by atoms with E-state index < -0.39 is 260 Å². The zero-order valence-corrected chi connectivity index (χ0v) is 44.5. The Morgan fingerprint density at radius 3 is 1.40 bits per heavy atom. The lowest BCUT2D eigenvalue weighted by Crippen LogP contribution is -2.69. The van der Waals surface area contributed by atoms with Crippen LogP contribution in [0.3, 0.4) is 0 Å². The fourth-order valence-corrected chi connectivity index (χ4v) is 10.1. The van der Waals surface area contributed by atoms with Gasteiger partial charge in [-0.3, -0.25) is 9.59 Å². The summed E-state index contributed by atoms with van der Waals surface area (Å²) in [6, 6.07) is -3.70. The number of hydrogen-bond donors (Lipinski definition) is 22. The second kappa shape index (κ2) is 30.0. The first kappa shape index (κ1) is 68.8. The highest BCUT2D eigenvalue weighted by molar-refractivity contribution is 5.73. The summed E-state index contributed by atoms with van der Waals surface area (Å²) in [4.78, 5) is 25.6. The molecular weight excluding hydrogens is 1120 g/mol. The minimum absolute atomic E-state index is 0.852. The van der Waals surface area contributed by atoms with Crippen molar-refractivity contribution in [2.24, 2.45) is 0 Å². The summed E-state index contributed by atoms with van der Waals surface area (Å²) in [6.45, 7) is -1.53. The number of aliphatic hydroxyl groups excluding tert-OH is 20. The van der Waals surface area contributed by atoms with Crippen molar-refractivity contribution >= 4 is 11.8 Å². The van der Waals surface area contributed by atoms with Gasteiger partial charge in [-0.2, -0.15) is 0 Å². The third-order valence-corrected chi connectivity index (χ3v) is 14.9. The van der Waals surface area contributed by atoms with E-state index in [-0.39, 0.29) is 0 Å². The smallest absolute Gasteiger partial charge is 0.217 e. The molecule has 6 aliphatic heterocycles. The van der Waals surface area contributed by atoms with E-state index in [0.29, 0.717) is 0 Å². The van der Waals surface area contributed by atoms with Gasteiger partial charge in [-0.25, -0.2) is 0 Å². The minimum Gasteiger partial charge on any atom is -0.394 e. The third kappa shape index (κ3) is 15.5. The van der Waals surface area contributed by atoms with Gasteiger partial charge in [0.05, 0.1) is 57.9 Å². The number of rotatable bonds is 23. The van der Waals surface area contributed by atoms with Gasteiger partial charge in [-0.05, 0) is 13.8 Å². The molecule has 0 unspecified atom stereocenters. The molecule has 0 spiro atoms. The summed E-state index contributed by atoms with van der Waals surface area (Å²) in [5, 5.41) is 221. The van der Waals surface area contributed by atoms with Crippen molar-refractivity contribution in [2.45, 2.75) is 236 Å². The molecule has 6 heterocycles. The third-order valence-electron chi connectivity index (χ3n) is 14.9. The van der Waals surface area contributed by atoms with Gasteiger partial charge >= 0.3 is 0 Å². The normalized spacial score (nSPS) is 47.2. The first-order valence-corrected chi connectivity index (χ1v) is 26.2. The van der Waals surface area contributed by atoms with Crippen LogP contribution in [0.15, 0.2) is 0 Å². The molecule has 0 saturated carbocycles. The molecule has 36 heteroatoms. The van der Waals surface area contributed by atoms with Crippen molar-refractivity contribution in [3.8, 4) is 0 Å². The fraction of sp³-hybridized carbons (Fsp3) is 0.957. The maximum atomic E-state index is 13.0. The molecular formula is C46H80N2O34. The Balaban J connectivity index is 1.34. The summed E-state index contributed by atoms with van der Waals surface area (Å²) < 4.78 is 69.3. The van der Waals surface area contributed by atoms with Gasteiger partial charge in [-0.15, -0.1) is 0 Å². The van der Waals surface area contributed by atoms with E-state index in [1.807, 2.05) is 0 Å². The summed E-state index contributed by atoms with van der Waals surface area (Å²) >= 11 is 0. The zero-order chi connectivity index (χ0) is 60.9. The number of carbonyl (C=O) groups is 2. The molecule has 6 rings (SSSR count). The Kier molecular flexibility index (Phi) is 25.2. The summed E-state index contributed by atoms with van der Waals surface area (Å²) in [5.74, 6) is -1.80. The van der Waals surface area contributed by atoms with Crippen molar-refractivity contribution in [1.82, 2.24) is 10.6 Å². The highest BCUT2D eigenvalue weighted by Crippen LogP contribution is 2.36. The monoisotopic (exact) mass is 1200 g/mol. The first-order valence-electron chi connectivity index (χ1n) is 26.2. The van der Waals surface area contributed by atoms with E-state index in [9.17, 15) is 112 Å². The van der Waals surface area contributed by atoms with Crippen molar-refractivity contribution < 1.29 is 169 Å². The van der Waals surface area contributed by atoms with Crippen LogP contribution in [-0.2, 0) is 66.4 Å². The molecule has 6 fully saturated rings. The number of hydrogen-bond acceptors (Lipinski definition) is 34. The van der Waals surface area contributed by atoms with Gasteiger partial charge in [0.15, 0.2) is 37.7 Å². The molecule has 36 nitrogen and oxygen atoms in total. The molecule has 0 radical (unpaired) electrons. The van der Waals surface area contributed by atoms with Gasteiger partial charge in [0.1, 0.15) is 153 Å². The van der Waals surface area contributed by atoms with Gasteiger partial charge < -0.3 is 170 Å². The highest BCUT2D eigenvalue weighted by Gasteiger charge is 2.57. The Bertz CT molecular complexity index is 1970. The van der Waals surface area contributed by atoms with E-state index in [1.165, 1.54) is 13.8 Å². The Labute approximate surface area is 466 Å². The lowest BCUT2D eigenvalue weighted by Gasteiger charge is -2.50. The largest absolute Gasteiger partial charge is 0.394 e. The zero-order valence-electron chi connectivity index (χ0n) is 44.5. The van der Waals surface area contributed by atoms with Gasteiger partial charge in [0, 0.05) is 13.8 Å². The molecule has 6 saturated heterocycles. The average molecular weight is 1210 g/mol. The molecule has 6 aliphatic rings. The molecule has 0 aliphatic carbocycles. The van der Waals surface area contributed by atoms with Gasteiger partial charge in [0.25, 0.3) is 0 Å². The predicted molar refractivity (Wildman–Crippen MR) is 254 cm³/mol. The molecule has 34 atom stereocenters. The van der Waals surface area contributed by atoms with Crippen LogP contribution in [0.1, 0.15) is 27.7 Å². The van der Waals surface area contributed by atoms with Crippen molar-refractivity contribution in [3.63, 3.8) is 0 Å². The first-order chi connectivity index (χ1) is 38.6. The van der Waals surface area contributed by atoms with E-state index in [0.717, 1.165) is 13.8 Å². The maximum absolute atomic E-state index is 13.0. The second-order valence-electron chi connectivity index (χ2n) is 20.9. The Morgan fingerprint density at radius 1 is 0.439 bits per heavy atom. The molecule has 0 bridgehead atoms. The van der Waals surface area contributed by atoms with E-state index in [4.69, 9.17) is 56.8 Å². The quantitative estimate of drug-likeness (QED) is 0.0452. The standard InChI is InChI=1S/C46H80N2O34/c1-11-22(56)28(62)32(66)42(73-11)71-9-16(55)38(37(15(5-49)47-13(3)53)79-44-34(68)29(63)23(57)12(2)74-44)80-41-21(48-14(4)54)27(61)39(19(8-52)77-41)81-46-36(70)40(82-45-35(69)31(65)25(59)18(7-51)76-45)26(60)20(78-46)10-72-43-33(67)30(64)24(58)17(6-50)75-43/h11-12,15-46,49-52,55-70H,5-10H2,1-4H3,(H,47,53)(H,48,54)/t11-,12-,15-,16+,17+,18+,19+,20+,21+,22+,23+,24+,25+,26+,27+,28+,29+,30-,31-,32-,33-,34-,35-,36-,37+,38+,39+,40-,41-,42+,43-,44-,45+,46-/m0/s1. The van der Waals surface area contributed by atoms with Crippen molar-refractivity contribution in [3.05, 3.63) is 0 Å². The molecule has 2 amide bonds. The predicted octanol–water partition coefficient (Wildman–Crippen LogP) is -14.3. The molecule has 22 N–H and O–H groups in total. The van der Waals surface area contributed by atoms with Crippen LogP contribution in [0.5, 0.6) is 0 Å². The molecule has 0 aromatic rings. The van der Waals surface area contributed by atoms with Crippen LogP contribution in [0.4, 0.5) is 0 Å². The molecule has 478 valence electrons. The minimum atomic E-state index is -2.31. The van der Waals surface area contributed by atoms with Crippen LogP contribution < -0.4 is 10.6 Å². The fourth-order valence-electron chi connectivity index (χ4n) is 10.1. The van der Waals surface area contributed by atoms with Crippen LogP contribution in [0, 0.1) is 0 Å². The maximum Gasteiger partial charge on any atom is 0.217 e. The topological polar surface area (TPSA) is 574 Å².